The number of hydrogen-bond donors (Lipinski definition) is 2. The quantitative estimate of drug-likeness (QED) is 0.665. The molecule has 1 aromatic carbocycles. The third-order valence-electron chi connectivity index (χ3n) is 2.52. The molecule has 0 aliphatic heterocycles. The molecule has 84 valence electrons. The predicted molar refractivity (Wildman–Crippen MR) is 61.8 cm³/mol. The topological polar surface area (TPSA) is 70.7 Å². The van der Waals surface area contributed by atoms with Gasteiger partial charge in [-0.05, 0) is 5.56 Å². The molecule has 2 aromatic heterocycles. The maximum Gasteiger partial charge on any atom is 0.219 e. The molecule has 0 saturated carbocycles. The molecule has 0 aliphatic rings. The number of nitrogens with zero attached hydrogens (tertiary/aromatic N) is 3. The van der Waals surface area contributed by atoms with E-state index in [0.717, 1.165) is 17.2 Å². The maximum absolute atomic E-state index is 9.61. The summed E-state index contributed by atoms with van der Waals surface area (Å²) < 4.78 is 1.28. The average molecular weight is 227 g/mol. The van der Waals surface area contributed by atoms with Gasteiger partial charge in [0.2, 0.25) is 11.8 Å². The molecule has 0 atom stereocenters. The zero-order chi connectivity index (χ0) is 11.8. The Bertz CT molecular complexity index is 677. The van der Waals surface area contributed by atoms with Crippen molar-refractivity contribution in [2.24, 2.45) is 0 Å². The second-order valence-corrected chi connectivity index (χ2v) is 3.63. The van der Waals surface area contributed by atoms with Crippen LogP contribution in [0.15, 0.2) is 42.6 Å². The first-order valence-corrected chi connectivity index (χ1v) is 5.08. The van der Waals surface area contributed by atoms with Gasteiger partial charge in [-0.3, -0.25) is 0 Å². The molecule has 17 heavy (non-hydrogen) atoms. The van der Waals surface area contributed by atoms with Crippen LogP contribution in [0.3, 0.4) is 0 Å². The van der Waals surface area contributed by atoms with E-state index in [2.05, 4.69) is 10.1 Å². The van der Waals surface area contributed by atoms with E-state index in [9.17, 15) is 10.2 Å². The molecule has 0 unspecified atom stereocenters. The van der Waals surface area contributed by atoms with E-state index in [1.54, 1.807) is 6.20 Å². The molecule has 0 spiro atoms. The van der Waals surface area contributed by atoms with Gasteiger partial charge in [0.05, 0.1) is 12.3 Å². The van der Waals surface area contributed by atoms with Crippen molar-refractivity contribution in [1.82, 2.24) is 14.6 Å². The molecule has 0 radical (unpaired) electrons. The van der Waals surface area contributed by atoms with Crippen molar-refractivity contribution in [2.75, 3.05) is 0 Å². The Balaban J connectivity index is 2.32. The SMILES string of the molecule is Oc1cc(O)n2ncc(-c3ccccc3)c2n1. The monoisotopic (exact) mass is 227 g/mol. The van der Waals surface area contributed by atoms with E-state index in [-0.39, 0.29) is 11.8 Å². The van der Waals surface area contributed by atoms with Crippen molar-refractivity contribution in [3.8, 4) is 22.9 Å². The van der Waals surface area contributed by atoms with Crippen LogP contribution in [0, 0.1) is 0 Å². The number of benzene rings is 1. The van der Waals surface area contributed by atoms with Gasteiger partial charge in [0.15, 0.2) is 5.65 Å². The Hall–Kier alpha value is -2.56. The van der Waals surface area contributed by atoms with Crippen LogP contribution < -0.4 is 0 Å². The molecule has 0 saturated heterocycles. The highest BCUT2D eigenvalue weighted by molar-refractivity contribution is 5.77. The highest BCUT2D eigenvalue weighted by atomic mass is 16.3. The lowest BCUT2D eigenvalue weighted by Crippen LogP contribution is -1.91. The largest absolute Gasteiger partial charge is 0.493 e. The molecule has 5 nitrogen and oxygen atoms in total. The lowest BCUT2D eigenvalue weighted by Gasteiger charge is -2.00. The van der Waals surface area contributed by atoms with Crippen LogP contribution in [0.2, 0.25) is 0 Å². The van der Waals surface area contributed by atoms with E-state index in [0.29, 0.717) is 5.65 Å². The summed E-state index contributed by atoms with van der Waals surface area (Å²) in [7, 11) is 0. The van der Waals surface area contributed by atoms with Crippen LogP contribution in [0.4, 0.5) is 0 Å². The summed E-state index contributed by atoms with van der Waals surface area (Å²) in [4.78, 5) is 3.97. The molecule has 5 heteroatoms. The summed E-state index contributed by atoms with van der Waals surface area (Å²) in [5, 5.41) is 23.0. The highest BCUT2D eigenvalue weighted by Crippen LogP contribution is 2.27. The normalized spacial score (nSPS) is 10.8. The molecular formula is C12H9N3O2. The number of rotatable bonds is 1. The number of aromatic nitrogens is 3. The second-order valence-electron chi connectivity index (χ2n) is 3.63. The predicted octanol–water partition coefficient (Wildman–Crippen LogP) is 1.81. The molecule has 2 N–H and O–H groups in total. The number of hydrogen-bond acceptors (Lipinski definition) is 4. The summed E-state index contributed by atoms with van der Waals surface area (Å²) >= 11 is 0. The lowest BCUT2D eigenvalue weighted by molar-refractivity contribution is 0.412. The van der Waals surface area contributed by atoms with Crippen LogP contribution >= 0.6 is 0 Å². The first-order valence-electron chi connectivity index (χ1n) is 5.08. The van der Waals surface area contributed by atoms with Gasteiger partial charge in [-0.1, -0.05) is 30.3 Å². The van der Waals surface area contributed by atoms with Crippen LogP contribution in [0.25, 0.3) is 16.8 Å². The Morgan fingerprint density at radius 2 is 1.82 bits per heavy atom. The van der Waals surface area contributed by atoms with Crippen LogP contribution in [0.5, 0.6) is 11.8 Å². The van der Waals surface area contributed by atoms with Crippen molar-refractivity contribution >= 4 is 5.65 Å². The van der Waals surface area contributed by atoms with Gasteiger partial charge >= 0.3 is 0 Å². The fourth-order valence-electron chi connectivity index (χ4n) is 1.76. The smallest absolute Gasteiger partial charge is 0.219 e. The molecule has 3 rings (SSSR count). The minimum Gasteiger partial charge on any atom is -0.493 e. The number of aromatic hydroxyl groups is 2. The summed E-state index contributed by atoms with van der Waals surface area (Å²) in [5.74, 6) is -0.373. The maximum atomic E-state index is 9.61. The van der Waals surface area contributed by atoms with E-state index in [4.69, 9.17) is 0 Å². The fraction of sp³-hybridized carbons (Fsp3) is 0. The van der Waals surface area contributed by atoms with Gasteiger partial charge in [0.25, 0.3) is 0 Å². The van der Waals surface area contributed by atoms with E-state index < -0.39 is 0 Å². The molecule has 0 aliphatic carbocycles. The van der Waals surface area contributed by atoms with Gasteiger partial charge in [-0.25, -0.2) is 0 Å². The van der Waals surface area contributed by atoms with Gasteiger partial charge in [0, 0.05) is 5.56 Å². The number of fused-ring (bicyclic) bond motifs is 1. The van der Waals surface area contributed by atoms with Crippen molar-refractivity contribution < 1.29 is 10.2 Å². The van der Waals surface area contributed by atoms with Crippen molar-refractivity contribution in [3.63, 3.8) is 0 Å². The molecule has 2 heterocycles. The fourth-order valence-corrected chi connectivity index (χ4v) is 1.76. The molecule has 0 amide bonds. The zero-order valence-electron chi connectivity index (χ0n) is 8.78. The standard InChI is InChI=1S/C12H9N3O2/c16-10-6-11(17)15-12(14-10)9(7-13-15)8-4-2-1-3-5-8/h1-7,17H,(H,14,16). The lowest BCUT2D eigenvalue weighted by atomic mass is 10.1. The summed E-state index contributed by atoms with van der Waals surface area (Å²) in [5.41, 5.74) is 2.12. The average Bonchev–Trinajstić information content (AvgIpc) is 2.74. The van der Waals surface area contributed by atoms with Gasteiger partial charge in [-0.15, -0.1) is 0 Å². The van der Waals surface area contributed by atoms with Crippen LogP contribution in [-0.2, 0) is 0 Å². The summed E-state index contributed by atoms with van der Waals surface area (Å²) in [6.07, 6.45) is 1.61. The van der Waals surface area contributed by atoms with Crippen LogP contribution in [-0.4, -0.2) is 24.8 Å². The Morgan fingerprint density at radius 3 is 2.59 bits per heavy atom. The van der Waals surface area contributed by atoms with Gasteiger partial charge in [-0.2, -0.15) is 14.6 Å². The second kappa shape index (κ2) is 3.48. The third kappa shape index (κ3) is 1.48. The first kappa shape index (κ1) is 9.65. The van der Waals surface area contributed by atoms with Gasteiger partial charge in [0.1, 0.15) is 0 Å². The molecule has 3 aromatic rings. The van der Waals surface area contributed by atoms with Gasteiger partial charge < -0.3 is 10.2 Å². The van der Waals surface area contributed by atoms with Crippen molar-refractivity contribution in [2.45, 2.75) is 0 Å². The summed E-state index contributed by atoms with van der Waals surface area (Å²) in [6, 6.07) is 10.7. The third-order valence-corrected chi connectivity index (χ3v) is 2.52. The Morgan fingerprint density at radius 1 is 1.06 bits per heavy atom. The van der Waals surface area contributed by atoms with Crippen molar-refractivity contribution in [1.29, 1.82) is 0 Å². The first-order chi connectivity index (χ1) is 8.25. The zero-order valence-corrected chi connectivity index (χ0v) is 8.78. The van der Waals surface area contributed by atoms with Crippen molar-refractivity contribution in [3.05, 3.63) is 42.6 Å². The molecular weight excluding hydrogens is 218 g/mol. The highest BCUT2D eigenvalue weighted by Gasteiger charge is 2.11. The molecule has 0 fully saturated rings. The van der Waals surface area contributed by atoms with E-state index in [1.807, 2.05) is 30.3 Å². The Labute approximate surface area is 96.6 Å². The minimum atomic E-state index is -0.229. The van der Waals surface area contributed by atoms with Crippen LogP contribution in [0.1, 0.15) is 0 Å². The van der Waals surface area contributed by atoms with E-state index >= 15 is 0 Å². The molecule has 0 bridgehead atoms. The Kier molecular flexibility index (Phi) is 1.98. The minimum absolute atomic E-state index is 0.144. The van der Waals surface area contributed by atoms with E-state index in [1.165, 1.54) is 4.52 Å². The summed E-state index contributed by atoms with van der Waals surface area (Å²) in [6.45, 7) is 0.